The van der Waals surface area contributed by atoms with E-state index in [1.54, 1.807) is 10.3 Å². The highest BCUT2D eigenvalue weighted by Gasteiger charge is 2.45. The Kier molecular flexibility index (Phi) is 3.52. The van der Waals surface area contributed by atoms with Crippen LogP contribution >= 0.6 is 0 Å². The smallest absolute Gasteiger partial charge is 0.243 e. The Morgan fingerprint density at radius 1 is 0.735 bits per heavy atom. The molecular formula is C30H23BN2Si. The van der Waals surface area contributed by atoms with Crippen LogP contribution in [0.5, 0.6) is 0 Å². The second kappa shape index (κ2) is 6.43. The minimum atomic E-state index is -0.587. The molecule has 0 atom stereocenters. The third kappa shape index (κ3) is 2.13. The van der Waals surface area contributed by atoms with Crippen molar-refractivity contribution in [3.63, 3.8) is 0 Å². The maximum absolute atomic E-state index is 2.56. The minimum absolute atomic E-state index is 0.338. The maximum Gasteiger partial charge on any atom is 0.243 e. The lowest BCUT2D eigenvalue weighted by atomic mass is 9.37. The first-order valence-electron chi connectivity index (χ1n) is 12.1. The van der Waals surface area contributed by atoms with Crippen LogP contribution in [-0.4, -0.2) is 20.8 Å². The molecule has 0 fully saturated rings. The molecule has 0 saturated carbocycles. The van der Waals surface area contributed by atoms with Crippen LogP contribution in [0.1, 0.15) is 16.8 Å². The molecule has 5 aromatic rings. The number of aryl methyl sites for hydroxylation is 1. The SMILES string of the molecule is Cc1c(C)n2c3c(cccc13)B1C3=C(c4ccccc4[SiH2]3)N(c3ccccc3)c3cccc-2c31. The number of benzene rings is 4. The summed E-state index contributed by atoms with van der Waals surface area (Å²) in [7, 11) is -0.587. The van der Waals surface area contributed by atoms with E-state index in [4.69, 9.17) is 0 Å². The molecule has 0 spiro atoms. The third-order valence-corrected chi connectivity index (χ3v) is 10.4. The van der Waals surface area contributed by atoms with Gasteiger partial charge in [0, 0.05) is 39.4 Å². The third-order valence-electron chi connectivity index (χ3n) is 8.26. The van der Waals surface area contributed by atoms with Gasteiger partial charge in [0.05, 0.1) is 9.52 Å². The predicted molar refractivity (Wildman–Crippen MR) is 148 cm³/mol. The fourth-order valence-electron chi connectivity index (χ4n) is 6.76. The van der Waals surface area contributed by atoms with Crippen molar-refractivity contribution in [2.45, 2.75) is 13.8 Å². The number of fused-ring (bicyclic) bond motifs is 5. The number of anilines is 2. The van der Waals surface area contributed by atoms with Crippen molar-refractivity contribution in [3.05, 3.63) is 113 Å². The van der Waals surface area contributed by atoms with Crippen LogP contribution in [0, 0.1) is 13.8 Å². The normalized spacial score (nSPS) is 15.7. The summed E-state index contributed by atoms with van der Waals surface area (Å²) in [5, 5.41) is 4.64. The first-order valence-corrected chi connectivity index (χ1v) is 13.6. The van der Waals surface area contributed by atoms with Gasteiger partial charge in [0.25, 0.3) is 0 Å². The van der Waals surface area contributed by atoms with E-state index in [9.17, 15) is 0 Å². The van der Waals surface area contributed by atoms with Crippen molar-refractivity contribution in [3.8, 4) is 5.69 Å². The van der Waals surface area contributed by atoms with Gasteiger partial charge in [0.15, 0.2) is 0 Å². The predicted octanol–water partition coefficient (Wildman–Crippen LogP) is 4.04. The summed E-state index contributed by atoms with van der Waals surface area (Å²) >= 11 is 0. The van der Waals surface area contributed by atoms with Crippen LogP contribution in [0.15, 0.2) is 96.1 Å². The number of nitrogens with zero attached hydrogens (tertiary/aromatic N) is 2. The van der Waals surface area contributed by atoms with Gasteiger partial charge in [0.1, 0.15) is 0 Å². The maximum atomic E-state index is 2.56. The summed E-state index contributed by atoms with van der Waals surface area (Å²) in [5.41, 5.74) is 13.9. The van der Waals surface area contributed by atoms with Crippen LogP contribution < -0.4 is 21.0 Å². The molecule has 1 aromatic heterocycles. The van der Waals surface area contributed by atoms with Crippen LogP contribution in [0.2, 0.25) is 0 Å². The number of rotatable bonds is 1. The van der Waals surface area contributed by atoms with Crippen molar-refractivity contribution >= 4 is 60.3 Å². The topological polar surface area (TPSA) is 8.17 Å². The second-order valence-electron chi connectivity index (χ2n) is 9.81. The quantitative estimate of drug-likeness (QED) is 0.350. The van der Waals surface area contributed by atoms with E-state index >= 15 is 0 Å². The largest absolute Gasteiger partial charge is 0.315 e. The molecule has 0 amide bonds. The lowest BCUT2D eigenvalue weighted by Crippen LogP contribution is -2.55. The zero-order valence-corrected chi connectivity index (χ0v) is 20.8. The average Bonchev–Trinajstić information content (AvgIpc) is 3.38. The molecule has 2 nitrogen and oxygen atoms in total. The fourth-order valence-corrected chi connectivity index (χ4v) is 9.04. The molecule has 34 heavy (non-hydrogen) atoms. The van der Waals surface area contributed by atoms with Crippen LogP contribution in [0.4, 0.5) is 11.4 Å². The van der Waals surface area contributed by atoms with E-state index < -0.39 is 9.52 Å². The zero-order chi connectivity index (χ0) is 22.6. The number of hydrogen-bond acceptors (Lipinski definition) is 1. The molecule has 3 aliphatic heterocycles. The van der Waals surface area contributed by atoms with Gasteiger partial charge >= 0.3 is 0 Å². The van der Waals surface area contributed by atoms with Crippen LogP contribution in [0.3, 0.4) is 0 Å². The molecule has 0 bridgehead atoms. The lowest BCUT2D eigenvalue weighted by molar-refractivity contribution is 1.04. The Hall–Kier alpha value is -3.76. The van der Waals surface area contributed by atoms with Crippen LogP contribution in [-0.2, 0) is 0 Å². The van der Waals surface area contributed by atoms with Crippen molar-refractivity contribution in [1.29, 1.82) is 0 Å². The zero-order valence-electron chi connectivity index (χ0n) is 19.3. The van der Waals surface area contributed by atoms with Crippen molar-refractivity contribution in [2.75, 3.05) is 4.90 Å². The Bertz CT molecular complexity index is 1710. The highest BCUT2D eigenvalue weighted by atomic mass is 28.2. The molecule has 8 rings (SSSR count). The van der Waals surface area contributed by atoms with Gasteiger partial charge in [-0.05, 0) is 60.2 Å². The van der Waals surface area contributed by atoms with E-state index in [1.165, 1.54) is 61.4 Å². The second-order valence-corrected chi connectivity index (χ2v) is 11.7. The van der Waals surface area contributed by atoms with Gasteiger partial charge in [-0.2, -0.15) is 0 Å². The van der Waals surface area contributed by atoms with Crippen molar-refractivity contribution < 1.29 is 0 Å². The Labute approximate surface area is 202 Å². The standard InChI is InChI=1S/C30H23BN2Si/c1-18-19(2)32-24-15-9-16-25-27(24)31(23-14-8-13-21(18)28(23)32)30-29(22-12-6-7-17-26(22)34-30)33(25)20-10-4-3-5-11-20/h3-17H,34H2,1-2H3. The molecular weight excluding hydrogens is 427 g/mol. The fraction of sp³-hybridized carbons (Fsp3) is 0.0667. The molecule has 0 radical (unpaired) electrons. The summed E-state index contributed by atoms with van der Waals surface area (Å²) in [6.45, 7) is 4.90. The number of para-hydroxylation sites is 2. The molecule has 3 aliphatic rings. The van der Waals surface area contributed by atoms with E-state index in [0.717, 1.165) is 0 Å². The van der Waals surface area contributed by atoms with Gasteiger partial charge in [-0.25, -0.2) is 0 Å². The molecule has 4 heterocycles. The lowest BCUT2D eigenvalue weighted by Gasteiger charge is -2.40. The van der Waals surface area contributed by atoms with Crippen molar-refractivity contribution in [2.24, 2.45) is 0 Å². The molecule has 4 heteroatoms. The Balaban J connectivity index is 1.55. The highest BCUT2D eigenvalue weighted by Crippen LogP contribution is 2.44. The van der Waals surface area contributed by atoms with Gasteiger partial charge < -0.3 is 9.47 Å². The van der Waals surface area contributed by atoms with Gasteiger partial charge in [-0.3, -0.25) is 0 Å². The van der Waals surface area contributed by atoms with E-state index in [-0.39, 0.29) is 0 Å². The van der Waals surface area contributed by atoms with Crippen molar-refractivity contribution in [1.82, 2.24) is 4.57 Å². The monoisotopic (exact) mass is 450 g/mol. The summed E-state index contributed by atoms with van der Waals surface area (Å²) in [5.74, 6) is 0. The first-order chi connectivity index (χ1) is 16.7. The number of aromatic nitrogens is 1. The molecule has 4 aromatic carbocycles. The first kappa shape index (κ1) is 18.6. The Morgan fingerprint density at radius 2 is 1.50 bits per heavy atom. The van der Waals surface area contributed by atoms with Crippen LogP contribution in [0.25, 0.3) is 22.3 Å². The number of hydrogen-bond donors (Lipinski definition) is 0. The highest BCUT2D eigenvalue weighted by molar-refractivity contribution is 7.05. The summed E-state index contributed by atoms with van der Waals surface area (Å²) in [4.78, 5) is 2.56. The molecule has 160 valence electrons. The molecule has 0 saturated heterocycles. The average molecular weight is 450 g/mol. The van der Waals surface area contributed by atoms with Gasteiger partial charge in [-0.15, -0.1) is 0 Å². The Morgan fingerprint density at radius 3 is 2.38 bits per heavy atom. The van der Waals surface area contributed by atoms with E-state index in [2.05, 4.69) is 114 Å². The summed E-state index contributed by atoms with van der Waals surface area (Å²) in [6.07, 6.45) is 0. The summed E-state index contributed by atoms with van der Waals surface area (Å²) < 4.78 is 2.54. The summed E-state index contributed by atoms with van der Waals surface area (Å²) in [6, 6.07) is 34.0. The minimum Gasteiger partial charge on any atom is -0.315 e. The van der Waals surface area contributed by atoms with E-state index in [0.29, 0.717) is 6.71 Å². The molecule has 0 unspecified atom stereocenters. The van der Waals surface area contributed by atoms with E-state index in [1.807, 2.05) is 0 Å². The molecule has 0 aliphatic carbocycles. The van der Waals surface area contributed by atoms with Gasteiger partial charge in [0.2, 0.25) is 6.71 Å². The van der Waals surface area contributed by atoms with Gasteiger partial charge in [-0.1, -0.05) is 77.0 Å². The molecule has 0 N–H and O–H groups in total.